The number of methoxy groups -OCH3 is 1. The molecule has 3 rings (SSSR count). The molecule has 1 aromatic carbocycles. The van der Waals surface area contributed by atoms with E-state index in [-0.39, 0.29) is 0 Å². The minimum atomic E-state index is 0.401. The van der Waals surface area contributed by atoms with Crippen LogP contribution in [-0.4, -0.2) is 7.11 Å². The molecule has 0 bridgehead atoms. The van der Waals surface area contributed by atoms with Gasteiger partial charge >= 0.3 is 0 Å². The van der Waals surface area contributed by atoms with E-state index in [1.54, 1.807) is 13.4 Å². The van der Waals surface area contributed by atoms with Crippen LogP contribution in [0.3, 0.4) is 0 Å². The van der Waals surface area contributed by atoms with E-state index >= 15 is 0 Å². The summed E-state index contributed by atoms with van der Waals surface area (Å²) in [7, 11) is 1.68. The first-order chi connectivity index (χ1) is 9.78. The number of aryl methyl sites for hydroxylation is 1. The molecule has 1 atom stereocenters. The van der Waals surface area contributed by atoms with Gasteiger partial charge in [0.15, 0.2) is 0 Å². The molecule has 0 radical (unpaired) electrons. The van der Waals surface area contributed by atoms with E-state index in [9.17, 15) is 0 Å². The molecule has 1 unspecified atom stereocenters. The van der Waals surface area contributed by atoms with Crippen LogP contribution in [0.2, 0.25) is 0 Å². The summed E-state index contributed by atoms with van der Waals surface area (Å²) in [5, 5.41) is 3.62. The summed E-state index contributed by atoms with van der Waals surface area (Å²) >= 11 is 3.53. The van der Waals surface area contributed by atoms with Gasteiger partial charge in [-0.15, -0.1) is 0 Å². The predicted molar refractivity (Wildman–Crippen MR) is 81.9 cm³/mol. The molecule has 4 heteroatoms. The molecule has 2 aromatic rings. The Morgan fingerprint density at radius 2 is 2.30 bits per heavy atom. The number of furan rings is 1. The Bertz CT molecular complexity index is 594. The number of nitrogens with one attached hydrogen (secondary N) is 1. The lowest BCUT2D eigenvalue weighted by Gasteiger charge is -2.23. The topological polar surface area (TPSA) is 34.4 Å². The molecule has 1 aliphatic rings. The van der Waals surface area contributed by atoms with Gasteiger partial charge in [-0.1, -0.05) is 6.07 Å². The van der Waals surface area contributed by atoms with E-state index in [2.05, 4.69) is 39.4 Å². The van der Waals surface area contributed by atoms with Crippen LogP contribution in [0.25, 0.3) is 0 Å². The standard InChI is InChI=1S/C16H18BrNO2/c1-19-16-6-5-11(9-13(16)17)10-18-14-3-2-4-15-12(14)7-8-20-15/h5-9,14,18H,2-4,10H2,1H3. The van der Waals surface area contributed by atoms with Gasteiger partial charge in [-0.3, -0.25) is 0 Å². The molecule has 0 spiro atoms. The van der Waals surface area contributed by atoms with Gasteiger partial charge in [-0.2, -0.15) is 0 Å². The van der Waals surface area contributed by atoms with Crippen molar-refractivity contribution in [1.82, 2.24) is 5.32 Å². The average Bonchev–Trinajstić information content (AvgIpc) is 2.94. The van der Waals surface area contributed by atoms with Crippen molar-refractivity contribution < 1.29 is 9.15 Å². The Balaban J connectivity index is 1.67. The summed E-state index contributed by atoms with van der Waals surface area (Å²) in [6, 6.07) is 8.68. The zero-order valence-corrected chi connectivity index (χ0v) is 13.1. The van der Waals surface area contributed by atoms with Crippen LogP contribution in [0, 0.1) is 0 Å². The number of fused-ring (bicyclic) bond motifs is 1. The van der Waals surface area contributed by atoms with Crippen LogP contribution in [0.15, 0.2) is 39.4 Å². The largest absolute Gasteiger partial charge is 0.496 e. The highest BCUT2D eigenvalue weighted by Crippen LogP contribution is 2.31. The van der Waals surface area contributed by atoms with Gasteiger partial charge in [0.25, 0.3) is 0 Å². The summed E-state index contributed by atoms with van der Waals surface area (Å²) in [6.07, 6.45) is 5.22. The average molecular weight is 336 g/mol. The van der Waals surface area contributed by atoms with Crippen LogP contribution in [0.5, 0.6) is 5.75 Å². The van der Waals surface area contributed by atoms with E-state index in [0.717, 1.165) is 28.9 Å². The highest BCUT2D eigenvalue weighted by molar-refractivity contribution is 9.10. The highest BCUT2D eigenvalue weighted by atomic mass is 79.9. The van der Waals surface area contributed by atoms with Crippen LogP contribution < -0.4 is 10.1 Å². The third kappa shape index (κ3) is 2.76. The zero-order valence-electron chi connectivity index (χ0n) is 11.5. The third-order valence-corrected chi connectivity index (χ3v) is 4.44. The summed E-state index contributed by atoms with van der Waals surface area (Å²) < 4.78 is 11.8. The maximum atomic E-state index is 5.52. The fourth-order valence-corrected chi connectivity index (χ4v) is 3.35. The zero-order chi connectivity index (χ0) is 13.9. The first kappa shape index (κ1) is 13.7. The molecule has 0 amide bonds. The Hall–Kier alpha value is -1.26. The van der Waals surface area contributed by atoms with Gasteiger partial charge in [0.1, 0.15) is 11.5 Å². The second-order valence-corrected chi connectivity index (χ2v) is 5.95. The minimum Gasteiger partial charge on any atom is -0.496 e. The SMILES string of the molecule is COc1ccc(CNC2CCCc3occc32)cc1Br. The highest BCUT2D eigenvalue weighted by Gasteiger charge is 2.21. The van der Waals surface area contributed by atoms with E-state index in [1.807, 2.05) is 6.07 Å². The summed E-state index contributed by atoms with van der Waals surface area (Å²) in [5.41, 5.74) is 2.57. The predicted octanol–water partition coefficient (Wildman–Crippen LogP) is 4.22. The van der Waals surface area contributed by atoms with Gasteiger partial charge in [0, 0.05) is 24.6 Å². The molecule has 1 aromatic heterocycles. The number of hydrogen-bond acceptors (Lipinski definition) is 3. The van der Waals surface area contributed by atoms with Crippen molar-refractivity contribution in [3.8, 4) is 5.75 Å². The lowest BCUT2D eigenvalue weighted by molar-refractivity contribution is 0.408. The monoisotopic (exact) mass is 335 g/mol. The maximum Gasteiger partial charge on any atom is 0.133 e. The number of halogens is 1. The molecule has 1 aliphatic carbocycles. The molecule has 1 heterocycles. The lowest BCUT2D eigenvalue weighted by atomic mass is 9.93. The van der Waals surface area contributed by atoms with Crippen molar-refractivity contribution in [2.45, 2.75) is 31.8 Å². The van der Waals surface area contributed by atoms with Gasteiger partial charge in [0.05, 0.1) is 17.8 Å². The first-order valence-electron chi connectivity index (χ1n) is 6.90. The molecule has 0 fully saturated rings. The Kier molecular flexibility index (Phi) is 4.13. The van der Waals surface area contributed by atoms with Gasteiger partial charge in [-0.05, 0) is 52.5 Å². The van der Waals surface area contributed by atoms with Crippen LogP contribution in [0.4, 0.5) is 0 Å². The fourth-order valence-electron chi connectivity index (χ4n) is 2.76. The second kappa shape index (κ2) is 6.02. The van der Waals surface area contributed by atoms with E-state index in [1.165, 1.54) is 24.0 Å². The van der Waals surface area contributed by atoms with E-state index in [4.69, 9.17) is 9.15 Å². The molecule has 1 N–H and O–H groups in total. The van der Waals surface area contributed by atoms with Crippen molar-refractivity contribution in [3.63, 3.8) is 0 Å². The van der Waals surface area contributed by atoms with E-state index in [0.29, 0.717) is 6.04 Å². The molecular formula is C16H18BrNO2. The number of rotatable bonds is 4. The molecule has 3 nitrogen and oxygen atoms in total. The molecule has 0 saturated carbocycles. The van der Waals surface area contributed by atoms with Crippen LogP contribution in [-0.2, 0) is 13.0 Å². The quantitative estimate of drug-likeness (QED) is 0.908. The summed E-state index contributed by atoms with van der Waals surface area (Å²) in [6.45, 7) is 0.845. The maximum absolute atomic E-state index is 5.52. The second-order valence-electron chi connectivity index (χ2n) is 5.09. The smallest absolute Gasteiger partial charge is 0.133 e. The normalized spacial score (nSPS) is 17.8. The Morgan fingerprint density at radius 1 is 1.40 bits per heavy atom. The van der Waals surface area contributed by atoms with Crippen LogP contribution >= 0.6 is 15.9 Å². The van der Waals surface area contributed by atoms with Crippen LogP contribution in [0.1, 0.15) is 35.8 Å². The van der Waals surface area contributed by atoms with Gasteiger partial charge < -0.3 is 14.5 Å². The number of ether oxygens (including phenoxy) is 1. The number of benzene rings is 1. The van der Waals surface area contributed by atoms with Crippen molar-refractivity contribution in [3.05, 3.63) is 51.9 Å². The minimum absolute atomic E-state index is 0.401. The Labute approximate surface area is 127 Å². The number of hydrogen-bond donors (Lipinski definition) is 1. The van der Waals surface area contributed by atoms with Crippen molar-refractivity contribution in [1.29, 1.82) is 0 Å². The fraction of sp³-hybridized carbons (Fsp3) is 0.375. The third-order valence-electron chi connectivity index (χ3n) is 3.82. The molecule has 106 valence electrons. The van der Waals surface area contributed by atoms with Crippen molar-refractivity contribution in [2.24, 2.45) is 0 Å². The van der Waals surface area contributed by atoms with Crippen molar-refractivity contribution in [2.75, 3.05) is 7.11 Å². The Morgan fingerprint density at radius 3 is 3.10 bits per heavy atom. The molecule has 20 heavy (non-hydrogen) atoms. The summed E-state index contributed by atoms with van der Waals surface area (Å²) in [4.78, 5) is 0. The van der Waals surface area contributed by atoms with Gasteiger partial charge in [0.2, 0.25) is 0 Å². The summed E-state index contributed by atoms with van der Waals surface area (Å²) in [5.74, 6) is 2.01. The molecular weight excluding hydrogens is 318 g/mol. The van der Waals surface area contributed by atoms with Gasteiger partial charge in [-0.25, -0.2) is 0 Å². The first-order valence-corrected chi connectivity index (χ1v) is 7.69. The van der Waals surface area contributed by atoms with E-state index < -0.39 is 0 Å². The molecule has 0 saturated heterocycles. The van der Waals surface area contributed by atoms with Crippen molar-refractivity contribution >= 4 is 15.9 Å². The molecule has 0 aliphatic heterocycles. The lowest BCUT2D eigenvalue weighted by Crippen LogP contribution is -2.24.